The molecule has 0 aromatic carbocycles. The minimum atomic E-state index is -1.31. The molecule has 0 saturated carbocycles. The summed E-state index contributed by atoms with van der Waals surface area (Å²) in [5, 5.41) is 11.5. The van der Waals surface area contributed by atoms with Crippen LogP contribution < -0.4 is 5.32 Å². The summed E-state index contributed by atoms with van der Waals surface area (Å²) in [6, 6.07) is 1.12. The lowest BCUT2D eigenvalue weighted by Crippen LogP contribution is -2.12. The summed E-state index contributed by atoms with van der Waals surface area (Å²) < 4.78 is 23.7. The van der Waals surface area contributed by atoms with Crippen LogP contribution in [0.15, 0.2) is 12.3 Å². The Morgan fingerprint density at radius 1 is 1.47 bits per heavy atom. The number of aromatic nitrogens is 1. The van der Waals surface area contributed by atoms with E-state index in [0.717, 1.165) is 6.07 Å². The number of aromatic carboxylic acids is 1. The number of ether oxygens (including phenoxy) is 2. The van der Waals surface area contributed by atoms with Gasteiger partial charge >= 0.3 is 5.97 Å². The van der Waals surface area contributed by atoms with E-state index >= 15 is 0 Å². The lowest BCUT2D eigenvalue weighted by molar-refractivity contribution is 0.0691. The third-order valence-electron chi connectivity index (χ3n) is 2.31. The van der Waals surface area contributed by atoms with Crippen molar-refractivity contribution in [3.05, 3.63) is 23.6 Å². The van der Waals surface area contributed by atoms with Gasteiger partial charge in [0.05, 0.1) is 13.2 Å². The molecule has 6 nitrogen and oxygen atoms in total. The second-order valence-corrected chi connectivity index (χ2v) is 3.71. The van der Waals surface area contributed by atoms with Crippen LogP contribution in [0.25, 0.3) is 0 Å². The van der Waals surface area contributed by atoms with Gasteiger partial charge in [0.2, 0.25) is 0 Å². The number of rotatable bonds is 9. The number of nitrogens with one attached hydrogen (secondary N) is 1. The summed E-state index contributed by atoms with van der Waals surface area (Å²) in [5.41, 5.74) is -0.395. The number of hydrogen-bond donors (Lipinski definition) is 2. The van der Waals surface area contributed by atoms with Crippen LogP contribution in [-0.2, 0) is 9.47 Å². The van der Waals surface area contributed by atoms with E-state index in [1.807, 2.05) is 0 Å². The highest BCUT2D eigenvalue weighted by molar-refractivity contribution is 5.88. The SMILES string of the molecule is COCCOCCCNc1nccc(C(=O)O)c1F. The molecule has 0 aliphatic heterocycles. The van der Waals surface area contributed by atoms with Crippen LogP contribution in [0.4, 0.5) is 10.2 Å². The van der Waals surface area contributed by atoms with Gasteiger partial charge in [0.15, 0.2) is 11.6 Å². The van der Waals surface area contributed by atoms with E-state index in [0.29, 0.717) is 32.8 Å². The zero-order valence-corrected chi connectivity index (χ0v) is 10.7. The third kappa shape index (κ3) is 5.19. The largest absolute Gasteiger partial charge is 0.478 e. The minimum Gasteiger partial charge on any atom is -0.478 e. The van der Waals surface area contributed by atoms with E-state index in [9.17, 15) is 9.18 Å². The molecule has 0 bridgehead atoms. The Bertz CT molecular complexity index is 415. The predicted octanol–water partition coefficient (Wildman–Crippen LogP) is 1.38. The second-order valence-electron chi connectivity index (χ2n) is 3.71. The molecule has 0 saturated heterocycles. The van der Waals surface area contributed by atoms with E-state index in [-0.39, 0.29) is 5.82 Å². The van der Waals surface area contributed by atoms with Crippen molar-refractivity contribution in [1.82, 2.24) is 4.98 Å². The Balaban J connectivity index is 2.33. The van der Waals surface area contributed by atoms with Gasteiger partial charge in [0, 0.05) is 26.5 Å². The standard InChI is InChI=1S/C12H17FN2O4/c1-18-7-8-19-6-2-4-14-11-10(13)9(12(16)17)3-5-15-11/h3,5H,2,4,6-8H2,1H3,(H,14,15)(H,16,17). The van der Waals surface area contributed by atoms with Crippen molar-refractivity contribution in [3.63, 3.8) is 0 Å². The highest BCUT2D eigenvalue weighted by Crippen LogP contribution is 2.14. The first-order chi connectivity index (χ1) is 9.16. The molecule has 0 aliphatic carbocycles. The number of carbonyl (C=O) groups is 1. The van der Waals surface area contributed by atoms with Gasteiger partial charge in [0.25, 0.3) is 0 Å². The normalized spacial score (nSPS) is 10.4. The van der Waals surface area contributed by atoms with Gasteiger partial charge < -0.3 is 19.9 Å². The maximum atomic E-state index is 13.6. The van der Waals surface area contributed by atoms with Gasteiger partial charge in [0.1, 0.15) is 5.56 Å². The molecule has 0 amide bonds. The number of anilines is 1. The zero-order valence-electron chi connectivity index (χ0n) is 10.7. The van der Waals surface area contributed by atoms with E-state index in [4.69, 9.17) is 14.6 Å². The highest BCUT2D eigenvalue weighted by Gasteiger charge is 2.14. The molecule has 0 atom stereocenters. The zero-order chi connectivity index (χ0) is 14.1. The lowest BCUT2D eigenvalue weighted by atomic mass is 10.2. The average molecular weight is 272 g/mol. The van der Waals surface area contributed by atoms with Crippen LogP contribution in [0.5, 0.6) is 0 Å². The highest BCUT2D eigenvalue weighted by atomic mass is 19.1. The summed E-state index contributed by atoms with van der Waals surface area (Å²) >= 11 is 0. The van der Waals surface area contributed by atoms with Crippen molar-refractivity contribution >= 4 is 11.8 Å². The van der Waals surface area contributed by atoms with Crippen molar-refractivity contribution in [2.45, 2.75) is 6.42 Å². The van der Waals surface area contributed by atoms with Gasteiger partial charge in [-0.05, 0) is 12.5 Å². The molecule has 2 N–H and O–H groups in total. The smallest absolute Gasteiger partial charge is 0.338 e. The first-order valence-corrected chi connectivity index (χ1v) is 5.85. The molecule has 1 aromatic heterocycles. The number of methoxy groups -OCH3 is 1. The fraction of sp³-hybridized carbons (Fsp3) is 0.500. The van der Waals surface area contributed by atoms with Crippen molar-refractivity contribution in [2.24, 2.45) is 0 Å². The molecule has 0 radical (unpaired) electrons. The molecule has 19 heavy (non-hydrogen) atoms. The Morgan fingerprint density at radius 3 is 2.95 bits per heavy atom. The molecule has 0 aliphatic rings. The molecular formula is C12H17FN2O4. The summed E-state index contributed by atoms with van der Waals surface area (Å²) in [5.74, 6) is -2.22. The number of carboxylic acids is 1. The lowest BCUT2D eigenvalue weighted by Gasteiger charge is -2.08. The van der Waals surface area contributed by atoms with E-state index in [1.54, 1.807) is 7.11 Å². The van der Waals surface area contributed by atoms with Crippen molar-refractivity contribution in [3.8, 4) is 0 Å². The maximum absolute atomic E-state index is 13.6. The Hall–Kier alpha value is -1.73. The van der Waals surface area contributed by atoms with Gasteiger partial charge in [-0.3, -0.25) is 0 Å². The Kier molecular flexibility index (Phi) is 6.76. The first-order valence-electron chi connectivity index (χ1n) is 5.85. The molecule has 7 heteroatoms. The fourth-order valence-corrected chi connectivity index (χ4v) is 1.36. The van der Waals surface area contributed by atoms with Crippen molar-refractivity contribution in [2.75, 3.05) is 38.8 Å². The molecule has 0 fully saturated rings. The summed E-state index contributed by atoms with van der Waals surface area (Å²) in [7, 11) is 1.59. The fourth-order valence-electron chi connectivity index (χ4n) is 1.36. The monoisotopic (exact) mass is 272 g/mol. The van der Waals surface area contributed by atoms with E-state index in [1.165, 1.54) is 6.20 Å². The number of carboxylic acid groups (broad SMARTS) is 1. The van der Waals surface area contributed by atoms with Crippen molar-refractivity contribution < 1.29 is 23.8 Å². The van der Waals surface area contributed by atoms with Gasteiger partial charge in [-0.2, -0.15) is 0 Å². The quantitative estimate of drug-likeness (QED) is 0.661. The molecule has 106 valence electrons. The second kappa shape index (κ2) is 8.39. The average Bonchev–Trinajstić information content (AvgIpc) is 2.39. The molecule has 1 rings (SSSR count). The summed E-state index contributed by atoms with van der Waals surface area (Å²) in [6.45, 7) is 2.00. The van der Waals surface area contributed by atoms with Crippen LogP contribution in [-0.4, -0.2) is 49.5 Å². The van der Waals surface area contributed by atoms with E-state index in [2.05, 4.69) is 10.3 Å². The predicted molar refractivity (Wildman–Crippen MR) is 67.0 cm³/mol. The number of pyridine rings is 1. The number of nitrogens with zero attached hydrogens (tertiary/aromatic N) is 1. The van der Waals surface area contributed by atoms with Crippen LogP contribution >= 0.6 is 0 Å². The van der Waals surface area contributed by atoms with Crippen LogP contribution in [0.1, 0.15) is 16.8 Å². The maximum Gasteiger partial charge on any atom is 0.338 e. The topological polar surface area (TPSA) is 80.7 Å². The van der Waals surface area contributed by atoms with Crippen molar-refractivity contribution in [1.29, 1.82) is 0 Å². The molecule has 0 unspecified atom stereocenters. The van der Waals surface area contributed by atoms with E-state index < -0.39 is 17.3 Å². The van der Waals surface area contributed by atoms with Crippen LogP contribution in [0.3, 0.4) is 0 Å². The molecular weight excluding hydrogens is 255 g/mol. The summed E-state index contributed by atoms with van der Waals surface area (Å²) in [4.78, 5) is 14.5. The first kappa shape index (κ1) is 15.3. The molecule has 1 aromatic rings. The molecule has 0 spiro atoms. The minimum absolute atomic E-state index is 0.0585. The van der Waals surface area contributed by atoms with Crippen LogP contribution in [0.2, 0.25) is 0 Å². The third-order valence-corrected chi connectivity index (χ3v) is 2.31. The van der Waals surface area contributed by atoms with Gasteiger partial charge in [-0.1, -0.05) is 0 Å². The Morgan fingerprint density at radius 2 is 2.26 bits per heavy atom. The Labute approximate surface area is 110 Å². The number of halogens is 1. The number of hydrogen-bond acceptors (Lipinski definition) is 5. The van der Waals surface area contributed by atoms with Gasteiger partial charge in [-0.25, -0.2) is 14.2 Å². The summed E-state index contributed by atoms with van der Waals surface area (Å²) in [6.07, 6.45) is 1.91. The molecule has 1 heterocycles. The van der Waals surface area contributed by atoms with Crippen LogP contribution in [0, 0.1) is 5.82 Å². The van der Waals surface area contributed by atoms with Gasteiger partial charge in [-0.15, -0.1) is 0 Å².